The summed E-state index contributed by atoms with van der Waals surface area (Å²) >= 11 is 0. The van der Waals surface area contributed by atoms with E-state index in [9.17, 15) is 14.7 Å². The predicted molar refractivity (Wildman–Crippen MR) is 56.8 cm³/mol. The molecule has 0 radical (unpaired) electrons. The lowest BCUT2D eigenvalue weighted by atomic mass is 10.0. The normalized spacial score (nSPS) is 25.9. The Morgan fingerprint density at radius 1 is 1.56 bits per heavy atom. The van der Waals surface area contributed by atoms with Gasteiger partial charge in [0, 0.05) is 13.0 Å². The van der Waals surface area contributed by atoms with Gasteiger partial charge < -0.3 is 20.5 Å². The molecule has 16 heavy (non-hydrogen) atoms. The molecule has 0 aromatic heterocycles. The molecule has 1 fully saturated rings. The molecule has 1 heterocycles. The van der Waals surface area contributed by atoms with E-state index in [1.165, 1.54) is 0 Å². The van der Waals surface area contributed by atoms with Crippen molar-refractivity contribution < 1.29 is 19.4 Å². The summed E-state index contributed by atoms with van der Waals surface area (Å²) < 4.78 is 5.06. The Balaban J connectivity index is 2.38. The van der Waals surface area contributed by atoms with Crippen molar-refractivity contribution in [2.24, 2.45) is 0 Å². The number of hydrogen-bond donors (Lipinski definition) is 3. The third kappa shape index (κ3) is 4.06. The molecular formula is C10H18N2O4. The van der Waals surface area contributed by atoms with Crippen LogP contribution in [0, 0.1) is 0 Å². The van der Waals surface area contributed by atoms with Crippen molar-refractivity contribution in [3.63, 3.8) is 0 Å². The monoisotopic (exact) mass is 230 g/mol. The quantitative estimate of drug-likeness (QED) is 0.580. The van der Waals surface area contributed by atoms with Crippen LogP contribution in [0.4, 0.5) is 4.79 Å². The van der Waals surface area contributed by atoms with Gasteiger partial charge in [-0.05, 0) is 20.8 Å². The van der Waals surface area contributed by atoms with E-state index in [1.54, 1.807) is 20.8 Å². The smallest absolute Gasteiger partial charge is 0.407 e. The summed E-state index contributed by atoms with van der Waals surface area (Å²) in [6.45, 7) is 5.62. The molecule has 6 nitrogen and oxygen atoms in total. The van der Waals surface area contributed by atoms with Crippen LogP contribution in [0.1, 0.15) is 27.2 Å². The Hall–Kier alpha value is -1.30. The van der Waals surface area contributed by atoms with Crippen molar-refractivity contribution in [2.45, 2.75) is 44.9 Å². The Morgan fingerprint density at radius 2 is 2.19 bits per heavy atom. The molecule has 1 aliphatic heterocycles. The fraction of sp³-hybridized carbons (Fsp3) is 0.800. The number of rotatable bonds is 1. The van der Waals surface area contributed by atoms with E-state index >= 15 is 0 Å². The molecule has 92 valence electrons. The minimum Gasteiger partial charge on any atom is -0.444 e. The van der Waals surface area contributed by atoms with Gasteiger partial charge in [0.1, 0.15) is 11.7 Å². The zero-order valence-corrected chi connectivity index (χ0v) is 9.74. The van der Waals surface area contributed by atoms with E-state index in [0.717, 1.165) is 0 Å². The molecule has 0 spiro atoms. The molecule has 0 aromatic carbocycles. The molecule has 1 rings (SSSR count). The summed E-state index contributed by atoms with van der Waals surface area (Å²) in [5, 5.41) is 14.4. The van der Waals surface area contributed by atoms with Crippen molar-refractivity contribution in [2.75, 3.05) is 6.54 Å². The van der Waals surface area contributed by atoms with Crippen molar-refractivity contribution in [1.82, 2.24) is 10.6 Å². The number of aliphatic hydroxyl groups excluding tert-OH is 1. The van der Waals surface area contributed by atoms with Crippen molar-refractivity contribution >= 4 is 12.0 Å². The third-order valence-corrected chi connectivity index (χ3v) is 2.05. The van der Waals surface area contributed by atoms with Crippen LogP contribution >= 0.6 is 0 Å². The number of carbonyl (C=O) groups excluding carboxylic acids is 2. The third-order valence-electron chi connectivity index (χ3n) is 2.05. The average Bonchev–Trinajstić information content (AvgIpc) is 2.08. The molecule has 0 aromatic rings. The molecule has 2 amide bonds. The lowest BCUT2D eigenvalue weighted by Gasteiger charge is -2.28. The SMILES string of the molecule is CC(C)(C)OC(=O)N[C@@H]1CNC(=O)[C@H](O)C1. The first-order chi connectivity index (χ1) is 7.28. The van der Waals surface area contributed by atoms with Crippen LogP contribution in [0.15, 0.2) is 0 Å². The second-order valence-corrected chi connectivity index (χ2v) is 4.84. The second-order valence-electron chi connectivity index (χ2n) is 4.84. The van der Waals surface area contributed by atoms with Gasteiger partial charge in [0.2, 0.25) is 5.91 Å². The van der Waals surface area contributed by atoms with E-state index in [4.69, 9.17) is 4.74 Å². The van der Waals surface area contributed by atoms with Crippen LogP contribution in [0.2, 0.25) is 0 Å². The van der Waals surface area contributed by atoms with E-state index < -0.39 is 23.7 Å². The number of carbonyl (C=O) groups is 2. The summed E-state index contributed by atoms with van der Waals surface area (Å²) in [5.74, 6) is -0.401. The predicted octanol–water partition coefficient (Wildman–Crippen LogP) is -0.240. The highest BCUT2D eigenvalue weighted by atomic mass is 16.6. The van der Waals surface area contributed by atoms with Gasteiger partial charge in [-0.3, -0.25) is 4.79 Å². The lowest BCUT2D eigenvalue weighted by molar-refractivity contribution is -0.132. The second kappa shape index (κ2) is 4.69. The van der Waals surface area contributed by atoms with Gasteiger partial charge in [0.15, 0.2) is 0 Å². The molecule has 3 N–H and O–H groups in total. The van der Waals surface area contributed by atoms with Crippen molar-refractivity contribution in [3.8, 4) is 0 Å². The Bertz CT molecular complexity index is 285. The van der Waals surface area contributed by atoms with Crippen LogP contribution in [0.3, 0.4) is 0 Å². The summed E-state index contributed by atoms with van der Waals surface area (Å²) in [6.07, 6.45) is -1.39. The Morgan fingerprint density at radius 3 is 2.69 bits per heavy atom. The highest BCUT2D eigenvalue weighted by Crippen LogP contribution is 2.09. The number of aliphatic hydroxyl groups is 1. The number of piperidine rings is 1. The van der Waals surface area contributed by atoms with Crippen molar-refractivity contribution in [1.29, 1.82) is 0 Å². The molecule has 1 aliphatic rings. The summed E-state index contributed by atoms with van der Waals surface area (Å²) in [5.41, 5.74) is -0.555. The van der Waals surface area contributed by atoms with Gasteiger partial charge in [-0.25, -0.2) is 4.79 Å². The van der Waals surface area contributed by atoms with Gasteiger partial charge in [0.05, 0.1) is 6.04 Å². The number of alkyl carbamates (subject to hydrolysis) is 1. The number of hydrogen-bond acceptors (Lipinski definition) is 4. The minimum atomic E-state index is -1.06. The van der Waals surface area contributed by atoms with Gasteiger partial charge in [-0.2, -0.15) is 0 Å². The van der Waals surface area contributed by atoms with E-state index in [2.05, 4.69) is 10.6 Å². The molecule has 1 saturated heterocycles. The first-order valence-corrected chi connectivity index (χ1v) is 5.23. The van der Waals surface area contributed by atoms with Crippen LogP contribution in [0.5, 0.6) is 0 Å². The Kier molecular flexibility index (Phi) is 3.74. The highest BCUT2D eigenvalue weighted by molar-refractivity contribution is 5.81. The van der Waals surface area contributed by atoms with Gasteiger partial charge >= 0.3 is 6.09 Å². The van der Waals surface area contributed by atoms with Crippen molar-refractivity contribution in [3.05, 3.63) is 0 Å². The fourth-order valence-electron chi connectivity index (χ4n) is 1.39. The van der Waals surface area contributed by atoms with E-state index in [-0.39, 0.29) is 12.5 Å². The van der Waals surface area contributed by atoms with Crippen LogP contribution in [-0.2, 0) is 9.53 Å². The van der Waals surface area contributed by atoms with E-state index in [1.807, 2.05) is 0 Å². The summed E-state index contributed by atoms with van der Waals surface area (Å²) in [6, 6.07) is -0.289. The van der Waals surface area contributed by atoms with Crippen LogP contribution < -0.4 is 10.6 Å². The summed E-state index contributed by atoms with van der Waals surface area (Å²) in [4.78, 5) is 22.3. The molecule has 0 aliphatic carbocycles. The van der Waals surface area contributed by atoms with Gasteiger partial charge in [0.25, 0.3) is 0 Å². The molecule has 6 heteroatoms. The highest BCUT2D eigenvalue weighted by Gasteiger charge is 2.28. The van der Waals surface area contributed by atoms with Gasteiger partial charge in [-0.15, -0.1) is 0 Å². The first kappa shape index (κ1) is 12.8. The lowest BCUT2D eigenvalue weighted by Crippen LogP contribution is -2.54. The molecule has 2 atom stereocenters. The standard InChI is InChI=1S/C10H18N2O4/c1-10(2,3)16-9(15)12-6-4-7(13)8(14)11-5-6/h6-7,13H,4-5H2,1-3H3,(H,11,14)(H,12,15)/t6-,7+/m0/s1. The molecule has 0 bridgehead atoms. The number of amides is 2. The molecule has 0 unspecified atom stereocenters. The maximum Gasteiger partial charge on any atom is 0.407 e. The zero-order valence-electron chi connectivity index (χ0n) is 9.74. The largest absolute Gasteiger partial charge is 0.444 e. The van der Waals surface area contributed by atoms with Crippen LogP contribution in [-0.4, -0.2) is 41.4 Å². The number of nitrogens with one attached hydrogen (secondary N) is 2. The first-order valence-electron chi connectivity index (χ1n) is 5.23. The maximum absolute atomic E-state index is 11.4. The maximum atomic E-state index is 11.4. The Labute approximate surface area is 94.3 Å². The fourth-order valence-corrected chi connectivity index (χ4v) is 1.39. The molecule has 0 saturated carbocycles. The number of ether oxygens (including phenoxy) is 1. The summed E-state index contributed by atoms with van der Waals surface area (Å²) in [7, 11) is 0. The van der Waals surface area contributed by atoms with E-state index in [0.29, 0.717) is 6.54 Å². The topological polar surface area (TPSA) is 87.7 Å². The minimum absolute atomic E-state index is 0.213. The zero-order chi connectivity index (χ0) is 12.3. The average molecular weight is 230 g/mol. The molecular weight excluding hydrogens is 212 g/mol. The van der Waals surface area contributed by atoms with Gasteiger partial charge in [-0.1, -0.05) is 0 Å². The van der Waals surface area contributed by atoms with Crippen LogP contribution in [0.25, 0.3) is 0 Å².